The van der Waals surface area contributed by atoms with Crippen LogP contribution in [0.25, 0.3) is 0 Å². The molecule has 4 unspecified atom stereocenters. The molecule has 1 aliphatic heterocycles. The molecular formula is C49H60F2N3O14PS. The maximum absolute atomic E-state index is 18.3. The van der Waals surface area contributed by atoms with E-state index in [2.05, 4.69) is 16.0 Å². The first-order valence-electron chi connectivity index (χ1n) is 23.2. The zero-order chi connectivity index (χ0) is 51.4. The number of thioether (sulfide) groups is 1. The number of phosphoric ester groups is 1. The number of amides is 3. The van der Waals surface area contributed by atoms with Gasteiger partial charge in [0.25, 0.3) is 0 Å². The lowest BCUT2D eigenvalue weighted by atomic mass is 9.38. The number of aliphatic hydroxyl groups is 1. The number of ether oxygens (including phenoxy) is 2. The number of allylic oxidation sites excluding steroid dienone is 4. The molecule has 1 saturated heterocycles. The predicted octanol–water partition coefficient (Wildman–Crippen LogP) is 5.36. The van der Waals surface area contributed by atoms with Gasteiger partial charge in [-0.15, -0.1) is 11.8 Å². The van der Waals surface area contributed by atoms with Crippen molar-refractivity contribution in [3.63, 3.8) is 0 Å². The van der Waals surface area contributed by atoms with Gasteiger partial charge in [-0.25, -0.2) is 13.3 Å². The maximum atomic E-state index is 18.3. The first-order chi connectivity index (χ1) is 32.7. The van der Waals surface area contributed by atoms with Crippen LogP contribution >= 0.6 is 19.6 Å². The standard InChI is InChI=1S/C49H60F2N3O14PS/c1-7-26(2)70-35(20-41(59)60)43(62)52-24-40(58)53-27(3)42(61)54-31-10-8-9-29(18-31)17-28-11-13-30(14-12-28)44-67-39-21-36-46(5,48(39,68-44)38(57)25-66-69(63,64)65)23-37(56)49(51)45(4)16-15-32(55)19-33(45)34(50)22-47(36,49)6/h8-16,18-19,26-27,34-37,39,44,56H,7,17,20-25H2,1-6H3,(H,52,62)(H,53,58)(H,54,61)(H,59,60)(H2,63,64,65)/t26?,27-,34-,35?,36?,37-,39+,44-,45?,46-,47-,48+,49-/m0/s1. The lowest BCUT2D eigenvalue weighted by molar-refractivity contribution is -0.269. The van der Waals surface area contributed by atoms with Gasteiger partial charge in [0.15, 0.2) is 29.1 Å². The van der Waals surface area contributed by atoms with Gasteiger partial charge >= 0.3 is 13.8 Å². The Labute approximate surface area is 408 Å². The molecule has 5 aliphatic rings. The summed E-state index contributed by atoms with van der Waals surface area (Å²) in [5, 5.41) is 28.2. The molecule has 3 amide bonds. The van der Waals surface area contributed by atoms with E-state index in [-0.39, 0.29) is 23.7 Å². The summed E-state index contributed by atoms with van der Waals surface area (Å²) < 4.78 is 64.3. The Bertz CT molecular complexity index is 2540. The summed E-state index contributed by atoms with van der Waals surface area (Å²) in [5.41, 5.74) is -7.00. The van der Waals surface area contributed by atoms with E-state index in [1.54, 1.807) is 49.4 Å². The third kappa shape index (κ3) is 9.57. The zero-order valence-corrected chi connectivity index (χ0v) is 41.3. The number of carbonyl (C=O) groups is 6. The molecular weight excluding hydrogens is 956 g/mol. The summed E-state index contributed by atoms with van der Waals surface area (Å²) in [6, 6.07) is 13.0. The van der Waals surface area contributed by atoms with Crippen LogP contribution in [-0.4, -0.2) is 115 Å². The van der Waals surface area contributed by atoms with E-state index in [1.807, 2.05) is 19.9 Å². The Morgan fingerprint density at radius 1 is 1.00 bits per heavy atom. The van der Waals surface area contributed by atoms with Gasteiger partial charge in [-0.05, 0) is 92.9 Å². The monoisotopic (exact) mass is 1020 g/mol. The number of alkyl halides is 2. The summed E-state index contributed by atoms with van der Waals surface area (Å²) in [4.78, 5) is 95.8. The zero-order valence-electron chi connectivity index (χ0n) is 39.6. The van der Waals surface area contributed by atoms with Crippen molar-refractivity contribution in [3.8, 4) is 0 Å². The highest BCUT2D eigenvalue weighted by molar-refractivity contribution is 8.01. The van der Waals surface area contributed by atoms with Gasteiger partial charge in [0, 0.05) is 32.7 Å². The van der Waals surface area contributed by atoms with Gasteiger partial charge in [-0.2, -0.15) is 0 Å². The fourth-order valence-electron chi connectivity index (χ4n) is 11.9. The summed E-state index contributed by atoms with van der Waals surface area (Å²) in [5.74, 6) is -5.19. The van der Waals surface area contributed by atoms with E-state index in [9.17, 15) is 53.3 Å². The van der Waals surface area contributed by atoms with Crippen LogP contribution < -0.4 is 16.0 Å². The van der Waals surface area contributed by atoms with Gasteiger partial charge in [0.2, 0.25) is 17.7 Å². The first-order valence-corrected chi connectivity index (χ1v) is 25.6. The maximum Gasteiger partial charge on any atom is 0.470 e. The van der Waals surface area contributed by atoms with Crippen molar-refractivity contribution in [3.05, 3.63) is 89.0 Å². The fraction of sp³-hybridized carbons (Fsp3) is 0.551. The summed E-state index contributed by atoms with van der Waals surface area (Å²) >= 11 is 1.21. The number of phosphoric acid groups is 1. The molecule has 3 saturated carbocycles. The quantitative estimate of drug-likeness (QED) is 0.0927. The Hall–Kier alpha value is -4.66. The molecule has 2 aromatic carbocycles. The molecule has 13 atom stereocenters. The molecule has 4 aliphatic carbocycles. The molecule has 0 bridgehead atoms. The summed E-state index contributed by atoms with van der Waals surface area (Å²) in [7, 11) is -5.18. The second kappa shape index (κ2) is 19.7. The number of halogens is 2. The summed E-state index contributed by atoms with van der Waals surface area (Å²) in [6.07, 6.45) is -2.55. The second-order valence-corrected chi connectivity index (χ2v) is 22.7. The van der Waals surface area contributed by atoms with E-state index in [0.29, 0.717) is 17.7 Å². The number of benzene rings is 2. The van der Waals surface area contributed by atoms with Gasteiger partial charge in [-0.3, -0.25) is 33.3 Å². The Morgan fingerprint density at radius 3 is 2.36 bits per heavy atom. The van der Waals surface area contributed by atoms with E-state index < -0.39 is 138 Å². The van der Waals surface area contributed by atoms with Gasteiger partial charge < -0.3 is 45.4 Å². The van der Waals surface area contributed by atoms with Crippen molar-refractivity contribution < 1.29 is 76.1 Å². The third-order valence-corrected chi connectivity index (χ3v) is 17.4. The molecule has 70 heavy (non-hydrogen) atoms. The van der Waals surface area contributed by atoms with Crippen LogP contribution in [0, 0.1) is 22.2 Å². The Morgan fingerprint density at radius 2 is 1.70 bits per heavy atom. The first kappa shape index (κ1) is 53.1. The third-order valence-electron chi connectivity index (χ3n) is 15.4. The predicted molar refractivity (Wildman–Crippen MR) is 251 cm³/mol. The highest BCUT2D eigenvalue weighted by Gasteiger charge is 2.83. The number of carboxylic acids is 1. The molecule has 0 spiro atoms. The van der Waals surface area contributed by atoms with Crippen molar-refractivity contribution in [2.75, 3.05) is 18.5 Å². The van der Waals surface area contributed by atoms with E-state index >= 15 is 8.78 Å². The number of hydrogen-bond donors (Lipinski definition) is 7. The molecule has 17 nitrogen and oxygen atoms in total. The topological polar surface area (TPSA) is 264 Å². The van der Waals surface area contributed by atoms with E-state index in [0.717, 1.165) is 29.7 Å². The number of carboxylic acid groups (broad SMARTS) is 1. The van der Waals surface area contributed by atoms with E-state index in [1.165, 1.54) is 38.6 Å². The highest BCUT2D eigenvalue weighted by Crippen LogP contribution is 2.77. The van der Waals surface area contributed by atoms with Crippen molar-refractivity contribution >= 4 is 60.5 Å². The van der Waals surface area contributed by atoms with Crippen LogP contribution in [0.1, 0.15) is 96.6 Å². The van der Waals surface area contributed by atoms with Crippen LogP contribution in [-0.2, 0) is 53.8 Å². The van der Waals surface area contributed by atoms with Crippen LogP contribution in [0.4, 0.5) is 14.5 Å². The van der Waals surface area contributed by atoms with Crippen LogP contribution in [0.3, 0.4) is 0 Å². The number of rotatable bonds is 18. The number of nitrogens with one attached hydrogen (secondary N) is 3. The molecule has 2 aromatic rings. The van der Waals surface area contributed by atoms with Crippen molar-refractivity contribution in [2.24, 2.45) is 22.2 Å². The molecule has 21 heteroatoms. The second-order valence-electron chi connectivity index (χ2n) is 19.8. The average Bonchev–Trinajstić information content (AvgIpc) is 3.80. The molecule has 380 valence electrons. The molecule has 0 radical (unpaired) electrons. The van der Waals surface area contributed by atoms with E-state index in [4.69, 9.17) is 14.0 Å². The molecule has 7 N–H and O–H groups in total. The number of aliphatic carboxylic acids is 1. The van der Waals surface area contributed by atoms with Crippen LogP contribution in [0.2, 0.25) is 0 Å². The minimum absolute atomic E-state index is 0.0257. The van der Waals surface area contributed by atoms with Crippen molar-refractivity contribution in [1.29, 1.82) is 0 Å². The Balaban J connectivity index is 1.03. The number of ketones is 2. The summed E-state index contributed by atoms with van der Waals surface area (Å²) in [6.45, 7) is 8.33. The number of Topliss-reactive ketones (excluding diaryl/α,β-unsaturated/α-hetero) is 1. The van der Waals surface area contributed by atoms with Gasteiger partial charge in [-0.1, -0.05) is 70.2 Å². The number of carbonyl (C=O) groups excluding carboxylic acids is 5. The van der Waals surface area contributed by atoms with Gasteiger partial charge in [0.05, 0.1) is 30.4 Å². The van der Waals surface area contributed by atoms with Gasteiger partial charge in [0.1, 0.15) is 18.8 Å². The SMILES string of the molecule is CCC(C)SC(CC(=O)O)C(=O)NCC(=O)N[C@@H](C)C(=O)Nc1cccc(Cc2ccc([C@H]3O[C@@H]4CC5[C@](C)(C[C@H](O)[C@]6(F)C7(C)C=CC(=O)C=C7[C@@H](F)C[C@@]56C)[C@]4(C(=O)COP(=O)(O)O)O3)cc2)c1. The molecule has 4 fully saturated rings. The van der Waals surface area contributed by atoms with Crippen molar-refractivity contribution in [2.45, 2.75) is 133 Å². The normalized spacial score (nSPS) is 33.3. The van der Waals surface area contributed by atoms with Crippen LogP contribution in [0.15, 0.2) is 72.3 Å². The number of aliphatic hydroxyl groups excluding tert-OH is 1. The minimum atomic E-state index is -5.18. The highest BCUT2D eigenvalue weighted by atomic mass is 32.2. The largest absolute Gasteiger partial charge is 0.481 e. The lowest BCUT2D eigenvalue weighted by Crippen LogP contribution is -2.74. The smallest absolute Gasteiger partial charge is 0.470 e. The number of fused-ring (bicyclic) bond motifs is 7. The number of anilines is 1. The fourth-order valence-corrected chi connectivity index (χ4v) is 13.4. The van der Waals surface area contributed by atoms with Crippen LogP contribution in [0.5, 0.6) is 0 Å². The molecule has 0 aromatic heterocycles. The minimum Gasteiger partial charge on any atom is -0.481 e. The molecule has 1 heterocycles. The number of hydrogen-bond acceptors (Lipinski definition) is 12. The molecule has 7 rings (SSSR count). The lowest BCUT2D eigenvalue weighted by Gasteiger charge is -2.68. The average molecular weight is 1020 g/mol. The van der Waals surface area contributed by atoms with Crippen molar-refractivity contribution in [1.82, 2.24) is 10.6 Å². The Kier molecular flexibility index (Phi) is 15.0.